The van der Waals surface area contributed by atoms with Gasteiger partial charge in [0.15, 0.2) is 0 Å². The van der Waals surface area contributed by atoms with E-state index in [0.717, 1.165) is 24.0 Å². The van der Waals surface area contributed by atoms with Gasteiger partial charge in [-0.3, -0.25) is 19.3 Å². The van der Waals surface area contributed by atoms with Gasteiger partial charge in [-0.05, 0) is 50.2 Å². The Morgan fingerprint density at radius 3 is 2.00 bits per heavy atom. The molecule has 2 aromatic heterocycles. The number of pyridine rings is 1. The average Bonchev–Trinajstić information content (AvgIpc) is 3.35. The van der Waals surface area contributed by atoms with Crippen LogP contribution in [-0.2, 0) is 4.79 Å². The Morgan fingerprint density at radius 1 is 0.775 bits per heavy atom. The lowest BCUT2D eigenvalue weighted by Crippen LogP contribution is -2.51. The van der Waals surface area contributed by atoms with Crippen molar-refractivity contribution < 1.29 is 14.4 Å². The van der Waals surface area contributed by atoms with E-state index in [-0.39, 0.29) is 23.6 Å². The molecule has 2 aliphatic rings. The second-order valence-electron chi connectivity index (χ2n) is 11.2. The molecule has 2 aliphatic heterocycles. The molecule has 9 nitrogen and oxygen atoms in total. The molecule has 3 aromatic rings. The second-order valence-corrected chi connectivity index (χ2v) is 11.6. The molecule has 0 spiro atoms. The lowest BCUT2D eigenvalue weighted by Gasteiger charge is -2.37. The Kier molecular flexibility index (Phi) is 8.14. The molecule has 2 fully saturated rings. The van der Waals surface area contributed by atoms with Crippen LogP contribution in [0.25, 0.3) is 16.6 Å². The fourth-order valence-electron chi connectivity index (χ4n) is 5.57. The van der Waals surface area contributed by atoms with Gasteiger partial charge in [-0.2, -0.15) is 0 Å². The number of hydrogen-bond donors (Lipinski definition) is 0. The number of rotatable bonds is 5. The van der Waals surface area contributed by atoms with E-state index in [1.54, 1.807) is 17.2 Å². The standard InChI is InChI=1S/C30H37ClN6O3/c1-20(2)28(38)34-13-15-36(16-14-34)30(40)26-18-23-17-22(29(39)35-11-9-33(10-12-35)21(3)4)5-7-25(23)37(26)24-6-8-27(31)32-19-24/h5-8,17-21H,9-16H2,1-4H3. The summed E-state index contributed by atoms with van der Waals surface area (Å²) < 4.78 is 1.88. The van der Waals surface area contributed by atoms with Crippen molar-refractivity contribution in [2.75, 3.05) is 52.4 Å². The third kappa shape index (κ3) is 5.58. The number of carbonyl (C=O) groups is 3. The predicted molar refractivity (Wildman–Crippen MR) is 156 cm³/mol. The van der Waals surface area contributed by atoms with E-state index in [1.807, 2.05) is 58.5 Å². The monoisotopic (exact) mass is 564 g/mol. The van der Waals surface area contributed by atoms with Crippen LogP contribution in [0.1, 0.15) is 48.5 Å². The number of amides is 3. The second kappa shape index (κ2) is 11.6. The molecule has 4 heterocycles. The van der Waals surface area contributed by atoms with Crippen molar-refractivity contribution in [3.8, 4) is 5.69 Å². The van der Waals surface area contributed by atoms with Crippen molar-refractivity contribution >= 4 is 40.2 Å². The van der Waals surface area contributed by atoms with Crippen LogP contribution in [0, 0.1) is 5.92 Å². The summed E-state index contributed by atoms with van der Waals surface area (Å²) in [5.41, 5.74) is 2.61. The van der Waals surface area contributed by atoms with E-state index in [4.69, 9.17) is 11.6 Å². The van der Waals surface area contributed by atoms with Gasteiger partial charge < -0.3 is 19.3 Å². The van der Waals surface area contributed by atoms with Crippen LogP contribution >= 0.6 is 11.6 Å². The first-order valence-electron chi connectivity index (χ1n) is 14.0. The lowest BCUT2D eigenvalue weighted by molar-refractivity contribution is -0.135. The van der Waals surface area contributed by atoms with Gasteiger partial charge in [-0.15, -0.1) is 0 Å². The molecular weight excluding hydrogens is 528 g/mol. The minimum Gasteiger partial charge on any atom is -0.339 e. The van der Waals surface area contributed by atoms with E-state index in [9.17, 15) is 14.4 Å². The Bertz CT molecular complexity index is 1400. The van der Waals surface area contributed by atoms with Gasteiger partial charge in [0, 0.05) is 75.3 Å². The summed E-state index contributed by atoms with van der Waals surface area (Å²) in [7, 11) is 0. The highest BCUT2D eigenvalue weighted by Gasteiger charge is 2.29. The fourth-order valence-corrected chi connectivity index (χ4v) is 5.68. The summed E-state index contributed by atoms with van der Waals surface area (Å²) in [5, 5.41) is 1.17. The number of halogens is 1. The largest absolute Gasteiger partial charge is 0.339 e. The first kappa shape index (κ1) is 28.1. The quantitative estimate of drug-likeness (QED) is 0.441. The molecule has 0 aliphatic carbocycles. The number of fused-ring (bicyclic) bond motifs is 1. The van der Waals surface area contributed by atoms with Gasteiger partial charge in [-0.25, -0.2) is 4.98 Å². The number of benzene rings is 1. The number of aromatic nitrogens is 2. The number of nitrogens with zero attached hydrogens (tertiary/aromatic N) is 6. The van der Waals surface area contributed by atoms with E-state index in [0.29, 0.717) is 67.4 Å². The topological polar surface area (TPSA) is 82.0 Å². The predicted octanol–water partition coefficient (Wildman–Crippen LogP) is 3.79. The summed E-state index contributed by atoms with van der Waals surface area (Å²) in [4.78, 5) is 51.9. The van der Waals surface area contributed by atoms with Gasteiger partial charge in [0.25, 0.3) is 11.8 Å². The maximum Gasteiger partial charge on any atom is 0.271 e. The first-order valence-corrected chi connectivity index (χ1v) is 14.4. The van der Waals surface area contributed by atoms with E-state index >= 15 is 0 Å². The van der Waals surface area contributed by atoms with Gasteiger partial charge in [0.2, 0.25) is 5.91 Å². The molecule has 3 amide bonds. The third-order valence-electron chi connectivity index (χ3n) is 7.94. The highest BCUT2D eigenvalue weighted by Crippen LogP contribution is 2.28. The minimum atomic E-state index is -0.125. The minimum absolute atomic E-state index is 0.00466. The maximum absolute atomic E-state index is 13.9. The Hall–Kier alpha value is -3.43. The van der Waals surface area contributed by atoms with Crippen molar-refractivity contribution in [1.29, 1.82) is 0 Å². The summed E-state index contributed by atoms with van der Waals surface area (Å²) in [6.07, 6.45) is 1.64. The average molecular weight is 565 g/mol. The molecule has 0 atom stereocenters. The molecule has 10 heteroatoms. The van der Waals surface area contributed by atoms with E-state index in [2.05, 4.69) is 23.7 Å². The summed E-state index contributed by atoms with van der Waals surface area (Å²) in [6.45, 7) is 13.2. The van der Waals surface area contributed by atoms with Gasteiger partial charge in [-0.1, -0.05) is 25.4 Å². The van der Waals surface area contributed by atoms with Crippen molar-refractivity contribution in [2.24, 2.45) is 5.92 Å². The molecule has 212 valence electrons. The molecule has 2 saturated heterocycles. The smallest absolute Gasteiger partial charge is 0.271 e. The molecule has 0 saturated carbocycles. The van der Waals surface area contributed by atoms with Crippen LogP contribution in [-0.4, -0.2) is 105 Å². The number of hydrogen-bond acceptors (Lipinski definition) is 5. The van der Waals surface area contributed by atoms with Crippen LogP contribution in [0.15, 0.2) is 42.6 Å². The van der Waals surface area contributed by atoms with E-state index < -0.39 is 0 Å². The molecule has 0 unspecified atom stereocenters. The molecule has 5 rings (SSSR count). The zero-order valence-electron chi connectivity index (χ0n) is 23.6. The van der Waals surface area contributed by atoms with Crippen LogP contribution in [0.4, 0.5) is 0 Å². The van der Waals surface area contributed by atoms with Gasteiger partial charge in [0.1, 0.15) is 10.8 Å². The van der Waals surface area contributed by atoms with Crippen molar-refractivity contribution in [3.63, 3.8) is 0 Å². The molecule has 0 bridgehead atoms. The molecular formula is C30H37ClN6O3. The Labute approximate surface area is 240 Å². The first-order chi connectivity index (χ1) is 19.1. The lowest BCUT2D eigenvalue weighted by atomic mass is 10.1. The fraction of sp³-hybridized carbons (Fsp3) is 0.467. The summed E-state index contributed by atoms with van der Waals surface area (Å²) >= 11 is 6.06. The molecule has 40 heavy (non-hydrogen) atoms. The molecule has 1 aromatic carbocycles. The van der Waals surface area contributed by atoms with Gasteiger partial charge >= 0.3 is 0 Å². The van der Waals surface area contributed by atoms with Crippen molar-refractivity contribution in [1.82, 2.24) is 29.2 Å². The number of carbonyl (C=O) groups excluding carboxylic acids is 3. The summed E-state index contributed by atoms with van der Waals surface area (Å²) in [6, 6.07) is 11.5. The zero-order valence-corrected chi connectivity index (χ0v) is 24.4. The highest BCUT2D eigenvalue weighted by molar-refractivity contribution is 6.29. The van der Waals surface area contributed by atoms with Crippen LogP contribution in [0.5, 0.6) is 0 Å². The molecule has 0 radical (unpaired) electrons. The zero-order chi connectivity index (χ0) is 28.6. The highest BCUT2D eigenvalue weighted by atomic mass is 35.5. The van der Waals surface area contributed by atoms with Crippen molar-refractivity contribution in [3.05, 3.63) is 59.0 Å². The Balaban J connectivity index is 1.44. The van der Waals surface area contributed by atoms with Crippen LogP contribution < -0.4 is 0 Å². The number of piperazine rings is 2. The SMILES string of the molecule is CC(C)C(=O)N1CCN(C(=O)c2cc3cc(C(=O)N4CCN(C(C)C)CC4)ccc3n2-c2ccc(Cl)nc2)CC1. The maximum atomic E-state index is 13.9. The third-order valence-corrected chi connectivity index (χ3v) is 8.17. The Morgan fingerprint density at radius 2 is 1.40 bits per heavy atom. The molecule has 0 N–H and O–H groups in total. The normalized spacial score (nSPS) is 16.8. The van der Waals surface area contributed by atoms with Crippen LogP contribution in [0.3, 0.4) is 0 Å². The van der Waals surface area contributed by atoms with Gasteiger partial charge in [0.05, 0.1) is 17.4 Å². The van der Waals surface area contributed by atoms with Crippen LogP contribution in [0.2, 0.25) is 5.15 Å². The summed E-state index contributed by atoms with van der Waals surface area (Å²) in [5.74, 6) is -0.0834. The van der Waals surface area contributed by atoms with Crippen molar-refractivity contribution in [2.45, 2.75) is 33.7 Å². The van der Waals surface area contributed by atoms with E-state index in [1.165, 1.54) is 0 Å².